The van der Waals surface area contributed by atoms with Gasteiger partial charge in [-0.25, -0.2) is 0 Å². The molecule has 0 saturated carbocycles. The normalized spacial score (nSPS) is 13.8. The lowest BCUT2D eigenvalue weighted by molar-refractivity contribution is 0.0746. The summed E-state index contributed by atoms with van der Waals surface area (Å²) >= 11 is 12.3. The Bertz CT molecular complexity index is 1370. The smallest absolute Gasteiger partial charge is 0.255 e. The van der Waals surface area contributed by atoms with Gasteiger partial charge in [-0.15, -0.1) is 0 Å². The van der Waals surface area contributed by atoms with Gasteiger partial charge < -0.3 is 14.4 Å². The number of benzene rings is 3. The number of nitrogens with zero attached hydrogens (tertiary/aromatic N) is 3. The van der Waals surface area contributed by atoms with E-state index in [0.717, 1.165) is 57.6 Å². The molecule has 1 fully saturated rings. The van der Waals surface area contributed by atoms with E-state index in [9.17, 15) is 4.79 Å². The van der Waals surface area contributed by atoms with E-state index in [-0.39, 0.29) is 5.91 Å². The Hall–Kier alpha value is -3.21. The zero-order valence-corrected chi connectivity index (χ0v) is 21.4. The number of aryl methyl sites for hydroxylation is 1. The van der Waals surface area contributed by atoms with Crippen molar-refractivity contribution >= 4 is 34.8 Å². The average molecular weight is 504 g/mol. The summed E-state index contributed by atoms with van der Waals surface area (Å²) in [7, 11) is 0. The van der Waals surface area contributed by atoms with Crippen LogP contribution >= 0.6 is 23.2 Å². The summed E-state index contributed by atoms with van der Waals surface area (Å²) in [6.07, 6.45) is 0. The van der Waals surface area contributed by atoms with Crippen LogP contribution in [0.1, 0.15) is 21.6 Å². The van der Waals surface area contributed by atoms with Gasteiger partial charge in [-0.1, -0.05) is 59.6 Å². The number of anilines is 1. The SMILES string of the molecule is Cc1ccccc1-n1c(-c2ccc(Cl)cc2)cc(C(=O)N2CCN(c3cccc(Cl)c3)CC2)c1C. The molecule has 2 heterocycles. The number of rotatable bonds is 4. The number of halogens is 2. The molecule has 4 aromatic rings. The first kappa shape index (κ1) is 23.5. The maximum Gasteiger partial charge on any atom is 0.255 e. The zero-order chi connectivity index (χ0) is 24.5. The fourth-order valence-electron chi connectivity index (χ4n) is 4.79. The second kappa shape index (κ2) is 9.80. The molecule has 0 spiro atoms. The third-order valence-corrected chi connectivity index (χ3v) is 7.20. The van der Waals surface area contributed by atoms with Crippen molar-refractivity contribution in [3.05, 3.63) is 106 Å². The van der Waals surface area contributed by atoms with Crippen LogP contribution < -0.4 is 4.90 Å². The summed E-state index contributed by atoms with van der Waals surface area (Å²) in [6.45, 7) is 6.99. The van der Waals surface area contributed by atoms with E-state index < -0.39 is 0 Å². The summed E-state index contributed by atoms with van der Waals surface area (Å²) in [6, 6.07) is 25.9. The topological polar surface area (TPSA) is 28.5 Å². The maximum atomic E-state index is 13.7. The molecule has 0 N–H and O–H groups in total. The summed E-state index contributed by atoms with van der Waals surface area (Å²) in [5, 5.41) is 1.41. The van der Waals surface area contributed by atoms with Crippen molar-refractivity contribution in [1.29, 1.82) is 0 Å². The van der Waals surface area contributed by atoms with E-state index in [2.05, 4.69) is 34.6 Å². The molecular weight excluding hydrogens is 477 g/mol. The van der Waals surface area contributed by atoms with Gasteiger partial charge in [0.1, 0.15) is 0 Å². The number of aromatic nitrogens is 1. The van der Waals surface area contributed by atoms with Crippen LogP contribution in [0.4, 0.5) is 5.69 Å². The highest BCUT2D eigenvalue weighted by Gasteiger charge is 2.27. The predicted molar refractivity (Wildman–Crippen MR) is 145 cm³/mol. The van der Waals surface area contributed by atoms with E-state index in [1.165, 1.54) is 0 Å². The summed E-state index contributed by atoms with van der Waals surface area (Å²) in [4.78, 5) is 18.0. The highest BCUT2D eigenvalue weighted by molar-refractivity contribution is 6.31. The van der Waals surface area contributed by atoms with Crippen molar-refractivity contribution in [3.8, 4) is 16.9 Å². The monoisotopic (exact) mass is 503 g/mol. The Morgan fingerprint density at radius 2 is 1.49 bits per heavy atom. The van der Waals surface area contributed by atoms with Crippen molar-refractivity contribution in [1.82, 2.24) is 9.47 Å². The van der Waals surface area contributed by atoms with E-state index in [4.69, 9.17) is 23.2 Å². The lowest BCUT2D eigenvalue weighted by Gasteiger charge is -2.36. The number of carbonyl (C=O) groups excluding carboxylic acids is 1. The molecule has 0 radical (unpaired) electrons. The van der Waals surface area contributed by atoms with Crippen LogP contribution in [-0.4, -0.2) is 41.6 Å². The van der Waals surface area contributed by atoms with Gasteiger partial charge in [-0.3, -0.25) is 4.79 Å². The van der Waals surface area contributed by atoms with Crippen molar-refractivity contribution in [2.75, 3.05) is 31.1 Å². The van der Waals surface area contributed by atoms with Gasteiger partial charge in [0, 0.05) is 53.3 Å². The minimum Gasteiger partial charge on any atom is -0.368 e. The Morgan fingerprint density at radius 3 is 2.17 bits per heavy atom. The maximum absolute atomic E-state index is 13.7. The van der Waals surface area contributed by atoms with Crippen molar-refractivity contribution < 1.29 is 4.79 Å². The second-order valence-electron chi connectivity index (χ2n) is 8.92. The fourth-order valence-corrected chi connectivity index (χ4v) is 5.10. The molecule has 3 aromatic carbocycles. The predicted octanol–water partition coefficient (Wildman–Crippen LogP) is 7.03. The van der Waals surface area contributed by atoms with Gasteiger partial charge in [0.15, 0.2) is 0 Å². The van der Waals surface area contributed by atoms with E-state index >= 15 is 0 Å². The van der Waals surface area contributed by atoms with Crippen LogP contribution in [0.15, 0.2) is 78.9 Å². The number of amides is 1. The standard InChI is InChI=1S/C29H27Cl2N3O/c1-20-6-3-4-9-27(20)34-21(2)26(19-28(34)22-10-12-23(30)13-11-22)29(35)33-16-14-32(15-17-33)25-8-5-7-24(31)18-25/h3-13,18-19H,14-17H2,1-2H3. The zero-order valence-electron chi connectivity index (χ0n) is 19.8. The van der Waals surface area contributed by atoms with Gasteiger partial charge in [0.25, 0.3) is 5.91 Å². The van der Waals surface area contributed by atoms with E-state index in [1.807, 2.05) is 72.5 Å². The number of hydrogen-bond donors (Lipinski definition) is 0. The molecule has 0 atom stereocenters. The Labute approximate surface area is 216 Å². The number of carbonyl (C=O) groups is 1. The lowest BCUT2D eigenvalue weighted by atomic mass is 10.1. The molecular formula is C29H27Cl2N3O. The summed E-state index contributed by atoms with van der Waals surface area (Å²) in [5.41, 5.74) is 6.98. The van der Waals surface area contributed by atoms with Crippen LogP contribution in [0.3, 0.4) is 0 Å². The fraction of sp³-hybridized carbons (Fsp3) is 0.207. The molecule has 178 valence electrons. The first-order valence-corrected chi connectivity index (χ1v) is 12.5. The summed E-state index contributed by atoms with van der Waals surface area (Å²) in [5.74, 6) is 0.0655. The Kier molecular flexibility index (Phi) is 6.59. The third-order valence-electron chi connectivity index (χ3n) is 6.71. The lowest BCUT2D eigenvalue weighted by Crippen LogP contribution is -2.48. The molecule has 35 heavy (non-hydrogen) atoms. The highest BCUT2D eigenvalue weighted by atomic mass is 35.5. The van der Waals surface area contributed by atoms with Crippen molar-refractivity contribution in [2.45, 2.75) is 13.8 Å². The van der Waals surface area contributed by atoms with Gasteiger partial charge in [-0.2, -0.15) is 0 Å². The van der Waals surface area contributed by atoms with Crippen molar-refractivity contribution in [2.24, 2.45) is 0 Å². The first-order valence-electron chi connectivity index (χ1n) is 11.8. The first-order chi connectivity index (χ1) is 16.9. The molecule has 1 amide bonds. The molecule has 1 aliphatic heterocycles. The quantitative estimate of drug-likeness (QED) is 0.299. The van der Waals surface area contributed by atoms with Crippen LogP contribution in [0.2, 0.25) is 10.0 Å². The van der Waals surface area contributed by atoms with Crippen LogP contribution in [0.5, 0.6) is 0 Å². The molecule has 1 aromatic heterocycles. The molecule has 0 bridgehead atoms. The number of piperazine rings is 1. The van der Waals surface area contributed by atoms with Gasteiger partial charge in [0.2, 0.25) is 0 Å². The molecule has 0 unspecified atom stereocenters. The van der Waals surface area contributed by atoms with E-state index in [0.29, 0.717) is 18.1 Å². The molecule has 5 rings (SSSR count). The Morgan fingerprint density at radius 1 is 0.771 bits per heavy atom. The molecule has 6 heteroatoms. The van der Waals surface area contributed by atoms with Crippen LogP contribution in [0, 0.1) is 13.8 Å². The highest BCUT2D eigenvalue weighted by Crippen LogP contribution is 2.32. The van der Waals surface area contributed by atoms with Gasteiger partial charge in [0.05, 0.1) is 11.3 Å². The van der Waals surface area contributed by atoms with Gasteiger partial charge in [-0.05, 0) is 67.4 Å². The largest absolute Gasteiger partial charge is 0.368 e. The second-order valence-corrected chi connectivity index (χ2v) is 9.79. The summed E-state index contributed by atoms with van der Waals surface area (Å²) < 4.78 is 2.19. The average Bonchev–Trinajstić information content (AvgIpc) is 3.21. The number of para-hydroxylation sites is 1. The van der Waals surface area contributed by atoms with E-state index in [1.54, 1.807) is 0 Å². The minimum absolute atomic E-state index is 0.0655. The van der Waals surface area contributed by atoms with Crippen molar-refractivity contribution in [3.63, 3.8) is 0 Å². The minimum atomic E-state index is 0.0655. The Balaban J connectivity index is 1.47. The van der Waals surface area contributed by atoms with Gasteiger partial charge >= 0.3 is 0 Å². The molecule has 1 aliphatic rings. The van der Waals surface area contributed by atoms with Crippen LogP contribution in [0.25, 0.3) is 16.9 Å². The molecule has 4 nitrogen and oxygen atoms in total. The molecule has 1 saturated heterocycles. The molecule has 0 aliphatic carbocycles. The third kappa shape index (κ3) is 4.69. The van der Waals surface area contributed by atoms with Crippen LogP contribution in [-0.2, 0) is 0 Å². The number of hydrogen-bond acceptors (Lipinski definition) is 2.